The quantitative estimate of drug-likeness (QED) is 0.289. The molecule has 14 heteroatoms. The molecule has 1 aliphatic carbocycles. The van der Waals surface area contributed by atoms with Crippen LogP contribution in [-0.4, -0.2) is 58.4 Å². The molecule has 42 heavy (non-hydrogen) atoms. The second kappa shape index (κ2) is 12.5. The van der Waals surface area contributed by atoms with Crippen LogP contribution < -0.4 is 11.0 Å². The molecular formula is C28H29ClF3N7O3. The topological polar surface area (TPSA) is 120 Å². The second-order valence-electron chi connectivity index (χ2n) is 10.2. The highest BCUT2D eigenvalue weighted by Gasteiger charge is 2.39. The fraction of sp³-hybridized carbons (Fsp3) is 0.393. The van der Waals surface area contributed by atoms with E-state index in [-0.39, 0.29) is 30.1 Å². The predicted octanol–water partition coefficient (Wildman–Crippen LogP) is 4.37. The molecule has 2 heterocycles. The lowest BCUT2D eigenvalue weighted by molar-refractivity contribution is -0.207. The van der Waals surface area contributed by atoms with Crippen molar-refractivity contribution in [3.63, 3.8) is 0 Å². The highest BCUT2D eigenvalue weighted by atomic mass is 35.5. The van der Waals surface area contributed by atoms with Crippen LogP contribution in [0.1, 0.15) is 54.7 Å². The van der Waals surface area contributed by atoms with Crippen LogP contribution >= 0.6 is 11.6 Å². The highest BCUT2D eigenvalue weighted by molar-refractivity contribution is 6.30. The highest BCUT2D eigenvalue weighted by Crippen LogP contribution is 2.24. The molecule has 2 aromatic heterocycles. The molecule has 1 amide bonds. The summed E-state index contributed by atoms with van der Waals surface area (Å²) >= 11 is 5.94. The zero-order valence-corrected chi connectivity index (χ0v) is 23.2. The van der Waals surface area contributed by atoms with Crippen molar-refractivity contribution in [2.75, 3.05) is 0 Å². The van der Waals surface area contributed by atoms with Crippen molar-refractivity contribution < 1.29 is 23.1 Å². The van der Waals surface area contributed by atoms with Crippen molar-refractivity contribution in [2.45, 2.75) is 69.9 Å². The number of benzene rings is 2. The number of rotatable bonds is 8. The van der Waals surface area contributed by atoms with Crippen LogP contribution in [0.3, 0.4) is 0 Å². The average Bonchev–Trinajstić information content (AvgIpc) is 3.44. The number of carbonyl (C=O) groups excluding carboxylic acids is 1. The molecule has 0 bridgehead atoms. The van der Waals surface area contributed by atoms with E-state index in [1.165, 1.54) is 35.3 Å². The van der Waals surface area contributed by atoms with Crippen molar-refractivity contribution in [2.24, 2.45) is 0 Å². The lowest BCUT2D eigenvalue weighted by atomic mass is 10.1. The van der Waals surface area contributed by atoms with Crippen molar-refractivity contribution in [1.82, 2.24) is 34.4 Å². The van der Waals surface area contributed by atoms with E-state index in [4.69, 9.17) is 11.6 Å². The summed E-state index contributed by atoms with van der Waals surface area (Å²) in [4.78, 5) is 30.6. The predicted molar refractivity (Wildman–Crippen MR) is 148 cm³/mol. The molecule has 0 spiro atoms. The Bertz CT molecular complexity index is 1590. The molecule has 5 rings (SSSR count). The monoisotopic (exact) mass is 603 g/mol. The van der Waals surface area contributed by atoms with Gasteiger partial charge in [0.05, 0.1) is 17.8 Å². The molecule has 1 fully saturated rings. The van der Waals surface area contributed by atoms with Crippen LogP contribution in [-0.2, 0) is 13.1 Å². The second-order valence-corrected chi connectivity index (χ2v) is 10.7. The van der Waals surface area contributed by atoms with E-state index in [1.54, 1.807) is 24.3 Å². The Kier molecular flexibility index (Phi) is 8.78. The van der Waals surface area contributed by atoms with Gasteiger partial charge in [-0.05, 0) is 49.2 Å². The minimum atomic E-state index is -4.94. The van der Waals surface area contributed by atoms with Crippen molar-refractivity contribution >= 4 is 17.5 Å². The lowest BCUT2D eigenvalue weighted by Crippen LogP contribution is -2.37. The Morgan fingerprint density at radius 1 is 1.05 bits per heavy atom. The van der Waals surface area contributed by atoms with Crippen molar-refractivity contribution in [3.05, 3.63) is 81.8 Å². The van der Waals surface area contributed by atoms with Gasteiger partial charge >= 0.3 is 11.9 Å². The van der Waals surface area contributed by atoms with Gasteiger partial charge in [-0.3, -0.25) is 9.36 Å². The first-order valence-electron chi connectivity index (χ1n) is 13.6. The van der Waals surface area contributed by atoms with E-state index in [0.29, 0.717) is 21.8 Å². The number of hydrogen-bond acceptors (Lipinski definition) is 6. The van der Waals surface area contributed by atoms with Crippen molar-refractivity contribution in [3.8, 4) is 17.1 Å². The minimum absolute atomic E-state index is 0.0834. The maximum Gasteiger partial charge on any atom is 0.416 e. The minimum Gasteiger partial charge on any atom is -0.382 e. The smallest absolute Gasteiger partial charge is 0.382 e. The zero-order valence-electron chi connectivity index (χ0n) is 22.5. The van der Waals surface area contributed by atoms with Gasteiger partial charge in [-0.15, -0.1) is 10.2 Å². The van der Waals surface area contributed by atoms with E-state index in [9.17, 15) is 27.9 Å². The molecule has 10 nitrogen and oxygen atoms in total. The third kappa shape index (κ3) is 6.73. The van der Waals surface area contributed by atoms with Crippen LogP contribution in [0.5, 0.6) is 0 Å². The van der Waals surface area contributed by atoms with Gasteiger partial charge < -0.3 is 10.4 Å². The number of aliphatic hydroxyl groups excluding tert-OH is 1. The maximum atomic E-state index is 13.2. The van der Waals surface area contributed by atoms with Gasteiger partial charge in [0.25, 0.3) is 5.91 Å². The number of aliphatic hydroxyl groups is 1. The summed E-state index contributed by atoms with van der Waals surface area (Å²) in [5.41, 5.74) is 0.334. The molecule has 2 N–H and O–H groups in total. The van der Waals surface area contributed by atoms with E-state index >= 15 is 0 Å². The Morgan fingerprint density at radius 3 is 2.43 bits per heavy atom. The number of aromatic nitrogens is 6. The summed E-state index contributed by atoms with van der Waals surface area (Å²) in [6.45, 7) is -1.32. The number of carbonyl (C=O) groups is 1. The molecule has 1 aliphatic rings. The first kappa shape index (κ1) is 29.5. The molecule has 2 aromatic carbocycles. The van der Waals surface area contributed by atoms with Gasteiger partial charge in [0.2, 0.25) is 0 Å². The molecular weight excluding hydrogens is 575 g/mol. The lowest BCUT2D eigenvalue weighted by Gasteiger charge is -2.17. The molecule has 1 saturated carbocycles. The van der Waals surface area contributed by atoms with Gasteiger partial charge in [0.1, 0.15) is 12.9 Å². The van der Waals surface area contributed by atoms with Crippen LogP contribution in [0.25, 0.3) is 17.1 Å². The SMILES string of the molecule is O=C(NC1CCCCCC1)c1ccccc1-n1cnc(Cn2nc(-c3ccc(Cl)cc3)n(CC(O)C(F)(F)F)c2=O)n1. The Labute approximate surface area is 243 Å². The van der Waals surface area contributed by atoms with Gasteiger partial charge in [-0.2, -0.15) is 13.2 Å². The molecule has 4 aromatic rings. The number of halogens is 4. The number of hydrogen-bond donors (Lipinski definition) is 2. The summed E-state index contributed by atoms with van der Waals surface area (Å²) in [7, 11) is 0. The van der Waals surface area contributed by atoms with E-state index in [0.717, 1.165) is 47.8 Å². The molecule has 0 saturated heterocycles. The van der Waals surface area contributed by atoms with Crippen LogP contribution in [0.2, 0.25) is 5.02 Å². The van der Waals surface area contributed by atoms with E-state index in [1.807, 2.05) is 0 Å². The first-order chi connectivity index (χ1) is 20.1. The Balaban J connectivity index is 1.41. The molecule has 1 unspecified atom stereocenters. The number of nitrogens with one attached hydrogen (secondary N) is 1. The molecule has 0 radical (unpaired) electrons. The summed E-state index contributed by atoms with van der Waals surface area (Å²) < 4.78 is 42.5. The number of alkyl halides is 3. The van der Waals surface area contributed by atoms with Gasteiger partial charge in [-0.25, -0.2) is 19.1 Å². The Morgan fingerprint density at radius 2 is 1.74 bits per heavy atom. The Hall–Kier alpha value is -3.97. The number of nitrogens with zero attached hydrogens (tertiary/aromatic N) is 6. The first-order valence-corrected chi connectivity index (χ1v) is 14.0. The molecule has 222 valence electrons. The summed E-state index contributed by atoms with van der Waals surface area (Å²) in [6.07, 6.45) is 0.00861. The average molecular weight is 604 g/mol. The summed E-state index contributed by atoms with van der Waals surface area (Å²) in [5, 5.41) is 21.9. The summed E-state index contributed by atoms with van der Waals surface area (Å²) in [6, 6.07) is 13.1. The van der Waals surface area contributed by atoms with Crippen LogP contribution in [0.4, 0.5) is 13.2 Å². The largest absolute Gasteiger partial charge is 0.416 e. The number of amides is 1. The van der Waals surface area contributed by atoms with Crippen molar-refractivity contribution in [1.29, 1.82) is 0 Å². The molecule has 1 atom stereocenters. The fourth-order valence-electron chi connectivity index (χ4n) is 4.97. The van der Waals surface area contributed by atoms with Gasteiger partial charge in [0.15, 0.2) is 17.8 Å². The normalized spacial score (nSPS) is 15.4. The van der Waals surface area contributed by atoms with Gasteiger partial charge in [-0.1, -0.05) is 49.4 Å². The van der Waals surface area contributed by atoms with E-state index < -0.39 is 24.5 Å². The number of para-hydroxylation sites is 1. The third-order valence-electron chi connectivity index (χ3n) is 7.17. The maximum absolute atomic E-state index is 13.2. The standard InChI is InChI=1S/C28H29ClF3N7O3/c29-19-13-11-18(12-14-19)25-36-38(27(42)37(25)15-23(40)28(30,31)32)16-24-33-17-39(35-24)22-10-6-5-9-21(22)26(41)34-20-7-3-1-2-4-8-20/h5-6,9-14,17,20,23,40H,1-4,7-8,15-16H2,(H,34,41). The zero-order chi connectivity index (χ0) is 29.9. The summed E-state index contributed by atoms with van der Waals surface area (Å²) in [5.74, 6) is -0.167. The van der Waals surface area contributed by atoms with Crippen LogP contribution in [0, 0.1) is 0 Å². The molecule has 0 aliphatic heterocycles. The van der Waals surface area contributed by atoms with Crippen LogP contribution in [0.15, 0.2) is 59.7 Å². The van der Waals surface area contributed by atoms with Gasteiger partial charge in [0, 0.05) is 16.6 Å². The van der Waals surface area contributed by atoms with E-state index in [2.05, 4.69) is 20.5 Å². The fourth-order valence-corrected chi connectivity index (χ4v) is 5.10. The third-order valence-corrected chi connectivity index (χ3v) is 7.43.